The van der Waals surface area contributed by atoms with E-state index in [4.69, 9.17) is 11.6 Å². The summed E-state index contributed by atoms with van der Waals surface area (Å²) in [6.07, 6.45) is 2.30. The molecular formula is C10H11ClN6S. The number of hydrogen-bond acceptors (Lipinski definition) is 6. The molecule has 6 nitrogen and oxygen atoms in total. The Bertz CT molecular complexity index is 594. The largest absolute Gasteiger partial charge is 0.225 e. The summed E-state index contributed by atoms with van der Waals surface area (Å²) in [5.41, 5.74) is 0.870. The van der Waals surface area contributed by atoms with E-state index >= 15 is 0 Å². The highest BCUT2D eigenvalue weighted by Gasteiger charge is 2.28. The second kappa shape index (κ2) is 4.47. The summed E-state index contributed by atoms with van der Waals surface area (Å²) in [4.78, 5) is 8.90. The van der Waals surface area contributed by atoms with Gasteiger partial charge in [0.15, 0.2) is 0 Å². The van der Waals surface area contributed by atoms with Crippen LogP contribution in [0, 0.1) is 6.92 Å². The lowest BCUT2D eigenvalue weighted by molar-refractivity contribution is 0.664. The summed E-state index contributed by atoms with van der Waals surface area (Å²) < 4.78 is 1.61. The molecule has 0 amide bonds. The van der Waals surface area contributed by atoms with E-state index in [2.05, 4.69) is 25.5 Å². The van der Waals surface area contributed by atoms with Crippen molar-refractivity contribution in [2.45, 2.75) is 35.9 Å². The predicted octanol–water partition coefficient (Wildman–Crippen LogP) is 1.99. The predicted molar refractivity (Wildman–Crippen MR) is 66.7 cm³/mol. The molecule has 1 fully saturated rings. The van der Waals surface area contributed by atoms with Crippen molar-refractivity contribution >= 4 is 23.4 Å². The van der Waals surface area contributed by atoms with Gasteiger partial charge in [0.05, 0.1) is 0 Å². The van der Waals surface area contributed by atoms with Crippen LogP contribution in [0.15, 0.2) is 10.2 Å². The molecule has 0 unspecified atom stereocenters. The summed E-state index contributed by atoms with van der Waals surface area (Å²) in [5.74, 6) is 1.31. The van der Waals surface area contributed by atoms with E-state index in [0.717, 1.165) is 29.3 Å². The number of nitrogens with zero attached hydrogens (tertiary/aromatic N) is 6. The van der Waals surface area contributed by atoms with Crippen LogP contribution in [0.25, 0.3) is 0 Å². The number of halogens is 1. The standard InChI is InChI=1S/C10H11ClN6S/c1-5-7(11)12-8(6-3-4-6)13-9(5)18-10-14-15-16-17(10)2/h6H,3-4H2,1-2H3. The van der Waals surface area contributed by atoms with Gasteiger partial charge < -0.3 is 0 Å². The first-order chi connectivity index (χ1) is 8.65. The van der Waals surface area contributed by atoms with Gasteiger partial charge in [0.25, 0.3) is 0 Å². The van der Waals surface area contributed by atoms with Gasteiger partial charge in [0.1, 0.15) is 16.0 Å². The lowest BCUT2D eigenvalue weighted by atomic mass is 10.3. The molecule has 3 rings (SSSR count). The summed E-state index contributed by atoms with van der Waals surface area (Å²) in [6.45, 7) is 1.91. The maximum atomic E-state index is 6.15. The monoisotopic (exact) mass is 282 g/mol. The van der Waals surface area contributed by atoms with Crippen LogP contribution in [0.4, 0.5) is 0 Å². The SMILES string of the molecule is Cc1c(Cl)nc(C2CC2)nc1Sc1nnnn1C. The molecule has 18 heavy (non-hydrogen) atoms. The maximum Gasteiger partial charge on any atom is 0.215 e. The lowest BCUT2D eigenvalue weighted by Crippen LogP contribution is -2.00. The molecule has 8 heteroatoms. The van der Waals surface area contributed by atoms with Crippen molar-refractivity contribution in [1.82, 2.24) is 30.2 Å². The van der Waals surface area contributed by atoms with Crippen molar-refractivity contribution < 1.29 is 0 Å². The smallest absolute Gasteiger partial charge is 0.215 e. The molecule has 0 radical (unpaired) electrons. The van der Waals surface area contributed by atoms with E-state index in [1.165, 1.54) is 11.8 Å². The van der Waals surface area contributed by atoms with Crippen LogP contribution in [0.3, 0.4) is 0 Å². The second-order valence-electron chi connectivity index (χ2n) is 4.26. The Hall–Kier alpha value is -1.21. The first-order valence-electron chi connectivity index (χ1n) is 5.59. The average Bonchev–Trinajstić information content (AvgIpc) is 3.11. The topological polar surface area (TPSA) is 69.4 Å². The number of hydrogen-bond donors (Lipinski definition) is 0. The van der Waals surface area contributed by atoms with Crippen LogP contribution in [-0.2, 0) is 7.05 Å². The van der Waals surface area contributed by atoms with Crippen molar-refractivity contribution in [3.05, 3.63) is 16.5 Å². The normalized spacial score (nSPS) is 15.1. The third-order valence-electron chi connectivity index (χ3n) is 2.77. The Morgan fingerprint density at radius 2 is 2.11 bits per heavy atom. The van der Waals surface area contributed by atoms with Gasteiger partial charge in [-0.15, -0.1) is 5.10 Å². The summed E-state index contributed by atoms with van der Waals surface area (Å²) in [5, 5.41) is 13.4. The molecule has 0 saturated heterocycles. The molecule has 2 aromatic rings. The van der Waals surface area contributed by atoms with E-state index in [9.17, 15) is 0 Å². The molecule has 0 aliphatic heterocycles. The fourth-order valence-electron chi connectivity index (χ4n) is 1.50. The molecule has 1 saturated carbocycles. The van der Waals surface area contributed by atoms with E-state index in [1.807, 2.05) is 6.92 Å². The molecule has 1 aliphatic carbocycles. The van der Waals surface area contributed by atoms with Gasteiger partial charge in [-0.3, -0.25) is 0 Å². The fourth-order valence-corrected chi connectivity index (χ4v) is 2.54. The molecule has 0 bridgehead atoms. The number of rotatable bonds is 3. The number of tetrazole rings is 1. The van der Waals surface area contributed by atoms with Gasteiger partial charge in [-0.05, 0) is 42.0 Å². The first-order valence-corrected chi connectivity index (χ1v) is 6.79. The van der Waals surface area contributed by atoms with Crippen LogP contribution in [0.1, 0.15) is 30.1 Å². The van der Waals surface area contributed by atoms with E-state index < -0.39 is 0 Å². The van der Waals surface area contributed by atoms with Crippen LogP contribution >= 0.6 is 23.4 Å². The van der Waals surface area contributed by atoms with Gasteiger partial charge in [-0.1, -0.05) is 11.6 Å². The van der Waals surface area contributed by atoms with Gasteiger partial charge >= 0.3 is 0 Å². The minimum atomic E-state index is 0.472. The van der Waals surface area contributed by atoms with Crippen LogP contribution in [-0.4, -0.2) is 30.2 Å². The van der Waals surface area contributed by atoms with E-state index in [1.54, 1.807) is 11.7 Å². The quantitative estimate of drug-likeness (QED) is 0.802. The first kappa shape index (κ1) is 11.9. The van der Waals surface area contributed by atoms with Crippen molar-refractivity contribution in [3.63, 3.8) is 0 Å². The molecule has 1 aliphatic rings. The molecule has 0 atom stereocenters. The molecule has 2 aromatic heterocycles. The number of aryl methyl sites for hydroxylation is 1. The Labute approximate surface area is 113 Å². The van der Waals surface area contributed by atoms with Gasteiger partial charge in [-0.2, -0.15) is 0 Å². The maximum absolute atomic E-state index is 6.15. The Morgan fingerprint density at radius 1 is 1.33 bits per heavy atom. The third kappa shape index (κ3) is 2.20. The highest BCUT2D eigenvalue weighted by molar-refractivity contribution is 7.99. The lowest BCUT2D eigenvalue weighted by Gasteiger charge is -2.07. The van der Waals surface area contributed by atoms with Crippen molar-refractivity contribution in [2.24, 2.45) is 7.05 Å². The highest BCUT2D eigenvalue weighted by Crippen LogP contribution is 2.40. The van der Waals surface area contributed by atoms with E-state index in [-0.39, 0.29) is 0 Å². The van der Waals surface area contributed by atoms with Gasteiger partial charge in [0, 0.05) is 18.5 Å². The van der Waals surface area contributed by atoms with Gasteiger partial charge in [0.2, 0.25) is 5.16 Å². The molecule has 0 spiro atoms. The molecule has 0 N–H and O–H groups in total. The minimum Gasteiger partial charge on any atom is -0.225 e. The zero-order valence-corrected chi connectivity index (χ0v) is 11.5. The van der Waals surface area contributed by atoms with Crippen LogP contribution < -0.4 is 0 Å². The zero-order chi connectivity index (χ0) is 12.7. The second-order valence-corrected chi connectivity index (χ2v) is 5.58. The fraction of sp³-hybridized carbons (Fsp3) is 0.500. The average molecular weight is 283 g/mol. The molecular weight excluding hydrogens is 272 g/mol. The molecule has 94 valence electrons. The van der Waals surface area contributed by atoms with E-state index in [0.29, 0.717) is 16.2 Å². The van der Waals surface area contributed by atoms with Crippen molar-refractivity contribution in [2.75, 3.05) is 0 Å². The minimum absolute atomic E-state index is 0.472. The molecule has 0 aromatic carbocycles. The van der Waals surface area contributed by atoms with Gasteiger partial charge in [-0.25, -0.2) is 14.6 Å². The van der Waals surface area contributed by atoms with Crippen molar-refractivity contribution in [1.29, 1.82) is 0 Å². The van der Waals surface area contributed by atoms with Crippen LogP contribution in [0.2, 0.25) is 5.15 Å². The summed E-state index contributed by atoms with van der Waals surface area (Å²) >= 11 is 7.56. The zero-order valence-electron chi connectivity index (χ0n) is 9.96. The highest BCUT2D eigenvalue weighted by atomic mass is 35.5. The van der Waals surface area contributed by atoms with Crippen molar-refractivity contribution in [3.8, 4) is 0 Å². The van der Waals surface area contributed by atoms with Crippen LogP contribution in [0.5, 0.6) is 0 Å². The Balaban J connectivity index is 1.97. The Kier molecular flexibility index (Phi) is 2.95. The third-order valence-corrected chi connectivity index (χ3v) is 4.26. The summed E-state index contributed by atoms with van der Waals surface area (Å²) in [7, 11) is 1.79. The Morgan fingerprint density at radius 3 is 2.72 bits per heavy atom. The number of aromatic nitrogens is 6. The molecule has 2 heterocycles. The summed E-state index contributed by atoms with van der Waals surface area (Å²) in [6, 6.07) is 0.